The normalized spacial score (nSPS) is 11.8. The van der Waals surface area contributed by atoms with Gasteiger partial charge in [0.25, 0.3) is 0 Å². The van der Waals surface area contributed by atoms with Crippen LogP contribution in [0.4, 0.5) is 0 Å². The largest absolute Gasteiger partial charge is 0.491 e. The van der Waals surface area contributed by atoms with Crippen LogP contribution in [0.15, 0.2) is 60.7 Å². The molecule has 0 aromatic heterocycles. The Balaban J connectivity index is 1.22. The van der Waals surface area contributed by atoms with Gasteiger partial charge in [0.2, 0.25) is 0 Å². The van der Waals surface area contributed by atoms with Crippen LogP contribution in [0.25, 0.3) is 0 Å². The van der Waals surface area contributed by atoms with Gasteiger partial charge in [-0.1, -0.05) is 44.7 Å². The summed E-state index contributed by atoms with van der Waals surface area (Å²) in [7, 11) is 0. The highest BCUT2D eigenvalue weighted by Gasteiger charge is 2.23. The highest BCUT2D eigenvalue weighted by molar-refractivity contribution is 5.86. The molecule has 0 aliphatic rings. The van der Waals surface area contributed by atoms with E-state index in [1.807, 2.05) is 24.3 Å². The van der Waals surface area contributed by atoms with Crippen molar-refractivity contribution in [2.45, 2.75) is 26.2 Å². The van der Waals surface area contributed by atoms with E-state index in [1.165, 1.54) is 11.1 Å². The number of esters is 1. The van der Waals surface area contributed by atoms with E-state index in [1.54, 1.807) is 6.92 Å². The summed E-state index contributed by atoms with van der Waals surface area (Å²) in [6, 6.07) is 16.4. The lowest BCUT2D eigenvalue weighted by atomic mass is 9.78. The number of aliphatic hydroxyl groups is 1. The molecule has 33 nitrogen and oxygen atoms in total. The molecule has 0 aliphatic heterocycles. The summed E-state index contributed by atoms with van der Waals surface area (Å²) in [6.07, 6.45) is 0. The number of hydrogen-bond donors (Lipinski definition) is 1. The van der Waals surface area contributed by atoms with Crippen LogP contribution in [0.3, 0.4) is 0 Å². The van der Waals surface area contributed by atoms with E-state index in [9.17, 15) is 4.79 Å². The average Bonchev–Trinajstić information content (AvgIpc) is 0.804. The van der Waals surface area contributed by atoms with Crippen molar-refractivity contribution in [1.82, 2.24) is 0 Å². The van der Waals surface area contributed by atoms with Gasteiger partial charge in [0.15, 0.2) is 0 Å². The molecule has 1 N–H and O–H groups in total. The zero-order chi connectivity index (χ0) is 80.0. The molecule has 0 aliphatic carbocycles. The van der Waals surface area contributed by atoms with Gasteiger partial charge in [0.05, 0.1) is 377 Å². The molecule has 2 aromatic carbocycles. The summed E-state index contributed by atoms with van der Waals surface area (Å²) >= 11 is 0. The molecule has 0 atom stereocenters. The molecule has 0 saturated carbocycles. The van der Waals surface area contributed by atoms with Crippen molar-refractivity contribution < 1.29 is 157 Å². The van der Waals surface area contributed by atoms with Gasteiger partial charge in [-0.2, -0.15) is 0 Å². The van der Waals surface area contributed by atoms with Gasteiger partial charge in [-0.25, -0.2) is 4.79 Å². The third-order valence-electron chi connectivity index (χ3n) is 14.9. The Hall–Kier alpha value is -3.91. The van der Waals surface area contributed by atoms with Crippen LogP contribution in [-0.2, 0) is 148 Å². The second-order valence-electron chi connectivity index (χ2n) is 24.2. The van der Waals surface area contributed by atoms with E-state index < -0.39 is 5.97 Å². The minimum absolute atomic E-state index is 0.0150. The summed E-state index contributed by atoms with van der Waals surface area (Å²) in [6.45, 7) is 36.7. The third kappa shape index (κ3) is 72.5. The summed E-state index contributed by atoms with van der Waals surface area (Å²) < 4.78 is 171. The van der Waals surface area contributed by atoms with E-state index in [2.05, 4.69) is 44.7 Å². The van der Waals surface area contributed by atoms with Gasteiger partial charge in [-0.05, 0) is 42.3 Å². The van der Waals surface area contributed by atoms with Crippen molar-refractivity contribution in [3.63, 3.8) is 0 Å². The van der Waals surface area contributed by atoms with Gasteiger partial charge in [-0.15, -0.1) is 0 Å². The monoisotopic (exact) mass is 1620 g/mol. The lowest BCUT2D eigenvalue weighted by Gasteiger charge is -2.26. The predicted octanol–water partition coefficient (Wildman–Crippen LogP) is 4.35. The van der Waals surface area contributed by atoms with E-state index in [0.29, 0.717) is 389 Å². The lowest BCUT2D eigenvalue weighted by Crippen LogP contribution is -2.19. The molecule has 0 saturated heterocycles. The highest BCUT2D eigenvalue weighted by atomic mass is 16.6. The van der Waals surface area contributed by atoms with Gasteiger partial charge in [0, 0.05) is 11.0 Å². The molecule has 0 unspecified atom stereocenters. The molecular formula is C79H140O33. The maximum Gasteiger partial charge on any atom is 0.333 e. The van der Waals surface area contributed by atoms with Crippen molar-refractivity contribution in [1.29, 1.82) is 0 Å². The highest BCUT2D eigenvalue weighted by Crippen LogP contribution is 2.33. The van der Waals surface area contributed by atoms with Crippen LogP contribution in [0, 0.1) is 0 Å². The number of benzene rings is 2. The fraction of sp³-hybridized carbons (Fsp3) is 0.810. The standard InChI is InChI=1S/C79H140O33/c1-73(2)78(81)112-72-69-109-66-63-106-60-57-103-54-51-100-48-45-97-42-39-94-36-33-91-30-29-90-32-35-93-38-41-96-44-47-99-50-53-102-56-59-105-62-65-108-68-71-111-77-11-7-75(8-12-77)79(3,4)74-5-9-76(10-6-74)110-70-67-107-64-61-104-58-55-101-52-49-98-46-43-95-40-37-92-34-31-89-28-27-88-26-25-87-24-23-86-22-21-85-20-19-84-18-17-83-16-15-82-14-13-80/h5-12,80H,1,13-72H2,2-4H3. The quantitative estimate of drug-likeness (QED) is 0.0546. The molecule has 0 fully saturated rings. The minimum atomic E-state index is -0.421. The Labute approximate surface area is 666 Å². The molecule has 0 radical (unpaired) electrons. The van der Waals surface area contributed by atoms with Crippen molar-refractivity contribution in [2.24, 2.45) is 0 Å². The number of hydrogen-bond acceptors (Lipinski definition) is 33. The molecule has 2 rings (SSSR count). The molecule has 0 amide bonds. The molecule has 0 spiro atoms. The first kappa shape index (κ1) is 104. The predicted molar refractivity (Wildman–Crippen MR) is 412 cm³/mol. The molecule has 0 heterocycles. The van der Waals surface area contributed by atoms with Crippen LogP contribution in [0.2, 0.25) is 0 Å². The molecular weight excluding hydrogens is 1480 g/mol. The first-order chi connectivity index (χ1) is 55.3. The van der Waals surface area contributed by atoms with Crippen molar-refractivity contribution in [3.05, 3.63) is 71.8 Å². The van der Waals surface area contributed by atoms with Crippen LogP contribution in [0.5, 0.6) is 11.5 Å². The van der Waals surface area contributed by atoms with Crippen LogP contribution in [-0.4, -0.2) is 407 Å². The molecule has 2 aromatic rings. The molecule has 0 bridgehead atoms. The zero-order valence-electron chi connectivity index (χ0n) is 67.8. The Morgan fingerprint density at radius 1 is 0.232 bits per heavy atom. The first-order valence-corrected chi connectivity index (χ1v) is 39.4. The van der Waals surface area contributed by atoms with Crippen molar-refractivity contribution >= 4 is 5.97 Å². The van der Waals surface area contributed by atoms with Crippen LogP contribution in [0.1, 0.15) is 31.9 Å². The smallest absolute Gasteiger partial charge is 0.333 e. The fourth-order valence-electron chi connectivity index (χ4n) is 8.84. The second kappa shape index (κ2) is 85.0. The summed E-state index contributed by atoms with van der Waals surface area (Å²) in [4.78, 5) is 11.3. The number of ether oxygens (including phenoxy) is 31. The maximum absolute atomic E-state index is 11.3. The van der Waals surface area contributed by atoms with Gasteiger partial charge in [-0.3, -0.25) is 0 Å². The van der Waals surface area contributed by atoms with Gasteiger partial charge >= 0.3 is 5.97 Å². The molecule has 112 heavy (non-hydrogen) atoms. The molecule has 654 valence electrons. The Bertz CT molecular complexity index is 2180. The van der Waals surface area contributed by atoms with E-state index in [0.717, 1.165) is 11.5 Å². The third-order valence-corrected chi connectivity index (χ3v) is 14.9. The Morgan fingerprint density at radius 3 is 0.509 bits per heavy atom. The number of carbonyl (C=O) groups is 1. The summed E-state index contributed by atoms with van der Waals surface area (Å²) in [5, 5.41) is 8.63. The summed E-state index contributed by atoms with van der Waals surface area (Å²) in [5.74, 6) is 1.14. The number of aliphatic hydroxyl groups excluding tert-OH is 1. The van der Waals surface area contributed by atoms with E-state index in [-0.39, 0.29) is 18.6 Å². The Kier molecular flexibility index (Phi) is 79.0. The molecule has 33 heteroatoms. The first-order valence-electron chi connectivity index (χ1n) is 39.4. The summed E-state index contributed by atoms with van der Waals surface area (Å²) in [5.41, 5.74) is 2.46. The lowest BCUT2D eigenvalue weighted by molar-refractivity contribution is -0.140. The average molecular weight is 1620 g/mol. The Morgan fingerprint density at radius 2 is 0.366 bits per heavy atom. The van der Waals surface area contributed by atoms with Gasteiger partial charge < -0.3 is 152 Å². The number of rotatable bonds is 94. The van der Waals surface area contributed by atoms with Crippen molar-refractivity contribution in [2.75, 3.05) is 396 Å². The zero-order valence-corrected chi connectivity index (χ0v) is 67.8. The SMILES string of the molecule is C=C(C)C(=O)OCCOCCOCCOCCOCCOCCOCCOCCOCCOCCOCCOCCOCCOCCOCCOc1ccc(C(C)(C)c2ccc(OCCOCCOCCOCCOCCOCCOCCOCCOCCOCCOCCOCCOCCOCCOCCO)cc2)cc1. The van der Waals surface area contributed by atoms with E-state index in [4.69, 9.17) is 152 Å². The number of carbonyl (C=O) groups excluding carboxylic acids is 1. The minimum Gasteiger partial charge on any atom is -0.491 e. The van der Waals surface area contributed by atoms with Crippen LogP contribution < -0.4 is 9.47 Å². The van der Waals surface area contributed by atoms with Crippen molar-refractivity contribution in [3.8, 4) is 11.5 Å². The second-order valence-corrected chi connectivity index (χ2v) is 24.2. The van der Waals surface area contributed by atoms with Crippen LogP contribution >= 0.6 is 0 Å². The maximum atomic E-state index is 11.3. The van der Waals surface area contributed by atoms with Gasteiger partial charge in [0.1, 0.15) is 31.3 Å². The topological polar surface area (TPSA) is 323 Å². The van der Waals surface area contributed by atoms with E-state index >= 15 is 0 Å². The fourth-order valence-corrected chi connectivity index (χ4v) is 8.84.